The Morgan fingerprint density at radius 3 is 1.80 bits per heavy atom. The fourth-order valence-electron chi connectivity index (χ4n) is 8.42. The highest BCUT2D eigenvalue weighted by Gasteiger charge is 2.33. The van der Waals surface area contributed by atoms with E-state index in [0.717, 1.165) is 33.2 Å². The lowest BCUT2D eigenvalue weighted by atomic mass is 9.98. The number of benzene rings is 3. The molecule has 5 N–H and O–H groups in total. The normalized spacial score (nSPS) is 13.4. The van der Waals surface area contributed by atoms with Crippen LogP contribution in [0.5, 0.6) is 0 Å². The number of hydrogen-bond donors (Lipinski definition) is 5. The third kappa shape index (κ3) is 17.6. The van der Waals surface area contributed by atoms with Crippen LogP contribution in [0.3, 0.4) is 0 Å². The Morgan fingerprint density at radius 2 is 1.20 bits per heavy atom. The summed E-state index contributed by atoms with van der Waals surface area (Å²) < 4.78 is 22.2. The molecule has 2 heterocycles. The number of pyridine rings is 2. The van der Waals surface area contributed by atoms with E-state index in [0.29, 0.717) is 24.1 Å². The summed E-state index contributed by atoms with van der Waals surface area (Å²) in [5, 5.41) is 14.6. The van der Waals surface area contributed by atoms with E-state index in [1.807, 2.05) is 66.7 Å². The van der Waals surface area contributed by atoms with Gasteiger partial charge < -0.3 is 45.5 Å². The van der Waals surface area contributed by atoms with Gasteiger partial charge in [0.25, 0.3) is 5.91 Å². The van der Waals surface area contributed by atoms with Crippen LogP contribution in [0, 0.1) is 0 Å². The Bertz CT molecular complexity index is 2820. The second kappa shape index (κ2) is 25.6. The Kier molecular flexibility index (Phi) is 19.3. The molecule has 0 fully saturated rings. The van der Waals surface area contributed by atoms with Gasteiger partial charge in [-0.1, -0.05) is 78.9 Å². The fraction of sp³-hybridized carbons (Fsp3) is 0.431. The third-order valence-electron chi connectivity index (χ3n) is 11.8. The van der Waals surface area contributed by atoms with E-state index < -0.39 is 76.8 Å². The van der Waals surface area contributed by atoms with Crippen molar-refractivity contribution in [3.63, 3.8) is 0 Å². The zero-order chi connectivity index (χ0) is 55.2. The minimum absolute atomic E-state index is 0.0411. The Labute approximate surface area is 444 Å². The summed E-state index contributed by atoms with van der Waals surface area (Å²) >= 11 is 0. The average molecular weight is 1040 g/mol. The van der Waals surface area contributed by atoms with E-state index in [2.05, 4.69) is 43.7 Å². The van der Waals surface area contributed by atoms with Gasteiger partial charge in [0.2, 0.25) is 5.91 Å². The Balaban J connectivity index is 1.04. The minimum atomic E-state index is -1.25. The first kappa shape index (κ1) is 57.4. The fourth-order valence-corrected chi connectivity index (χ4v) is 8.42. The maximum atomic E-state index is 13.9. The molecule has 6 rings (SSSR count). The maximum absolute atomic E-state index is 13.9. The highest BCUT2D eigenvalue weighted by atomic mass is 16.6. The summed E-state index contributed by atoms with van der Waals surface area (Å²) in [5.74, 6) is -3.24. The van der Waals surface area contributed by atoms with E-state index in [9.17, 15) is 33.6 Å². The van der Waals surface area contributed by atoms with Crippen LogP contribution in [0.1, 0.15) is 133 Å². The number of carbonyl (C=O) groups excluding carboxylic acids is 7. The van der Waals surface area contributed by atoms with Crippen LogP contribution in [-0.2, 0) is 51.1 Å². The third-order valence-corrected chi connectivity index (χ3v) is 11.8. The number of ether oxygens (including phenoxy) is 4. The summed E-state index contributed by atoms with van der Waals surface area (Å²) in [5.41, 5.74) is 3.85. The van der Waals surface area contributed by atoms with E-state index in [1.54, 1.807) is 74.4 Å². The van der Waals surface area contributed by atoms with Gasteiger partial charge in [-0.15, -0.1) is 0 Å². The van der Waals surface area contributed by atoms with Crippen molar-refractivity contribution in [3.05, 3.63) is 131 Å². The molecule has 2 aromatic heterocycles. The molecule has 0 saturated carbocycles. The van der Waals surface area contributed by atoms with Gasteiger partial charge in [0, 0.05) is 49.1 Å². The van der Waals surface area contributed by atoms with Crippen LogP contribution < -0.4 is 26.6 Å². The molecule has 0 unspecified atom stereocenters. The topological polar surface area (TPSA) is 242 Å². The molecule has 5 amide bonds. The van der Waals surface area contributed by atoms with Crippen LogP contribution in [0.4, 0.5) is 9.59 Å². The van der Waals surface area contributed by atoms with Crippen molar-refractivity contribution in [2.75, 3.05) is 13.2 Å². The number of unbranched alkanes of at least 4 members (excludes halogenated alkanes) is 1. The quantitative estimate of drug-likeness (QED) is 0.0265. The number of urea groups is 1. The summed E-state index contributed by atoms with van der Waals surface area (Å²) in [6, 6.07) is 26.2. The molecule has 3 aromatic carbocycles. The average Bonchev–Trinajstić information content (AvgIpc) is 3.67. The van der Waals surface area contributed by atoms with Crippen LogP contribution in [0.25, 0.3) is 22.0 Å². The van der Waals surface area contributed by atoms with Crippen molar-refractivity contribution < 1.29 is 52.5 Å². The summed E-state index contributed by atoms with van der Waals surface area (Å²) in [6.45, 7) is 15.6. The predicted octanol–water partition coefficient (Wildman–Crippen LogP) is 8.14. The zero-order valence-electron chi connectivity index (χ0n) is 44.9. The number of nitrogens with one attached hydrogen (secondary N) is 5. The lowest BCUT2D eigenvalue weighted by Crippen LogP contribution is -2.53. The zero-order valence-corrected chi connectivity index (χ0v) is 44.9. The monoisotopic (exact) mass is 1040 g/mol. The number of hydrogen-bond acceptors (Lipinski definition) is 13. The molecule has 18 heteroatoms. The van der Waals surface area contributed by atoms with Crippen molar-refractivity contribution >= 4 is 52.7 Å². The lowest BCUT2D eigenvalue weighted by molar-refractivity contribution is -0.159. The maximum Gasteiger partial charge on any atom is 0.407 e. The SMILES string of the molecule is CC(C)(C)OC(=O)CC[C@@H](NC(=O)N[C@@H](CCCCNC(=O)[C@H](Cc1ccc2ccccc2n1)NC(=O)c1ccc(CNC(=O)OCC2c3ccccc3-c3ccccc32)cn1)C(=O)OC(C)(C)C)C(=O)OC(C)(C)C. The molecule has 1 aliphatic carbocycles. The molecule has 0 spiro atoms. The smallest absolute Gasteiger partial charge is 0.407 e. The van der Waals surface area contributed by atoms with E-state index in [1.165, 1.54) is 12.3 Å². The highest BCUT2D eigenvalue weighted by Crippen LogP contribution is 2.44. The molecule has 3 atom stereocenters. The number of carbonyl (C=O) groups is 7. The summed E-state index contributed by atoms with van der Waals surface area (Å²) in [6.07, 6.45) is 1.38. The largest absolute Gasteiger partial charge is 0.460 e. The van der Waals surface area contributed by atoms with Gasteiger partial charge in [-0.05, 0) is 134 Å². The van der Waals surface area contributed by atoms with Gasteiger partial charge in [0.15, 0.2) is 0 Å². The van der Waals surface area contributed by atoms with Gasteiger partial charge >= 0.3 is 30.0 Å². The first-order chi connectivity index (χ1) is 35.9. The molecule has 18 nitrogen and oxygen atoms in total. The molecular weight excluding hydrogens is 971 g/mol. The summed E-state index contributed by atoms with van der Waals surface area (Å²) in [4.78, 5) is 102. The summed E-state index contributed by atoms with van der Waals surface area (Å²) in [7, 11) is 0. The Morgan fingerprint density at radius 1 is 0.605 bits per heavy atom. The number of rotatable bonds is 21. The molecule has 0 bridgehead atoms. The van der Waals surface area contributed by atoms with Crippen LogP contribution >= 0.6 is 0 Å². The second-order valence-corrected chi connectivity index (χ2v) is 21.7. The Hall–Kier alpha value is -7.89. The predicted molar refractivity (Wildman–Crippen MR) is 286 cm³/mol. The van der Waals surface area contributed by atoms with Gasteiger partial charge in [0.05, 0.1) is 5.52 Å². The molecule has 0 radical (unpaired) electrons. The van der Waals surface area contributed by atoms with Crippen molar-refractivity contribution in [1.82, 2.24) is 36.6 Å². The molecule has 5 aromatic rings. The number of amides is 5. The second-order valence-electron chi connectivity index (χ2n) is 21.7. The van der Waals surface area contributed by atoms with Crippen molar-refractivity contribution in [2.24, 2.45) is 0 Å². The van der Waals surface area contributed by atoms with Crippen LogP contribution in [0.2, 0.25) is 0 Å². The standard InChI is InChI=1S/C58H71N7O11/c1-56(2,3)74-49(66)30-29-47(53(70)76-58(7,8)9)65-54(71)64-46(52(69)75-57(4,5)6)24-16-17-31-59-50(67)48(32-38-27-26-37-18-10-15-23-44(37)62-38)63-51(68)45-28-25-36(33-60-45)34-61-55(72)73-35-43-41-21-13-11-19-39(41)40-20-12-14-22-42(40)43/h10-15,18-23,25-28,33,43,46-48H,16-17,24,29-32,34-35H2,1-9H3,(H,59,67)(H,61,72)(H,63,68)(H2,64,65,71)/t46-,47+,48-/m0/s1. The number of esters is 3. The molecule has 0 saturated heterocycles. The van der Waals surface area contributed by atoms with Gasteiger partial charge in [-0.3, -0.25) is 24.4 Å². The van der Waals surface area contributed by atoms with E-state index in [-0.39, 0.29) is 57.0 Å². The number of alkyl carbamates (subject to hydrolysis) is 1. The van der Waals surface area contributed by atoms with Crippen molar-refractivity contribution in [2.45, 2.75) is 148 Å². The lowest BCUT2D eigenvalue weighted by Gasteiger charge is -2.27. The van der Waals surface area contributed by atoms with Gasteiger partial charge in [-0.25, -0.2) is 19.2 Å². The number of fused-ring (bicyclic) bond motifs is 4. The van der Waals surface area contributed by atoms with Gasteiger partial charge in [-0.2, -0.15) is 0 Å². The molecule has 1 aliphatic rings. The molecule has 76 heavy (non-hydrogen) atoms. The number of nitrogens with zero attached hydrogens (tertiary/aromatic N) is 2. The van der Waals surface area contributed by atoms with Gasteiger partial charge in [0.1, 0.15) is 47.2 Å². The van der Waals surface area contributed by atoms with Crippen molar-refractivity contribution in [1.29, 1.82) is 0 Å². The van der Waals surface area contributed by atoms with E-state index >= 15 is 0 Å². The molecular formula is C58H71N7O11. The number of aromatic nitrogens is 2. The first-order valence-electron chi connectivity index (χ1n) is 25.6. The first-order valence-corrected chi connectivity index (χ1v) is 25.6. The van der Waals surface area contributed by atoms with E-state index in [4.69, 9.17) is 23.9 Å². The molecule has 404 valence electrons. The molecule has 0 aliphatic heterocycles. The van der Waals surface area contributed by atoms with Crippen LogP contribution in [0.15, 0.2) is 103 Å². The number of para-hydroxylation sites is 1. The van der Waals surface area contributed by atoms with Crippen LogP contribution in [-0.4, -0.2) is 99.9 Å². The minimum Gasteiger partial charge on any atom is -0.460 e. The highest BCUT2D eigenvalue weighted by molar-refractivity contribution is 5.96. The van der Waals surface area contributed by atoms with Crippen molar-refractivity contribution in [3.8, 4) is 11.1 Å².